The third-order valence-electron chi connectivity index (χ3n) is 6.70. The SMILES string of the molecule is O=C(NC1(C(F)(F)F)CC1)c1cccc(Cl)c1-n1cnc(Cn2nc(-c3ccc(Cl)cc3)n(C[C@@H](O)C(F)(F)F)c2=O)n1. The number of nitrogens with one attached hydrogen (secondary N) is 1. The van der Waals surface area contributed by atoms with Crippen molar-refractivity contribution in [3.05, 3.63) is 80.7 Å². The number of hydrogen-bond donors (Lipinski definition) is 2. The third kappa shape index (κ3) is 6.12. The lowest BCUT2D eigenvalue weighted by Gasteiger charge is -2.21. The number of carbonyl (C=O) groups is 1. The van der Waals surface area contributed by atoms with E-state index in [0.717, 1.165) is 15.7 Å². The molecule has 18 heteroatoms. The molecule has 0 unspecified atom stereocenters. The average molecular weight is 650 g/mol. The smallest absolute Gasteiger partial charge is 0.382 e. The van der Waals surface area contributed by atoms with Crippen LogP contribution in [-0.2, 0) is 13.1 Å². The average Bonchev–Trinajstić information content (AvgIpc) is 3.48. The molecule has 1 aliphatic carbocycles. The van der Waals surface area contributed by atoms with Crippen LogP contribution in [0.3, 0.4) is 0 Å². The lowest BCUT2D eigenvalue weighted by atomic mass is 10.1. The fraction of sp³-hybridized carbons (Fsp3) is 0.320. The van der Waals surface area contributed by atoms with Gasteiger partial charge < -0.3 is 10.4 Å². The minimum atomic E-state index is -5.02. The number of rotatable bonds is 8. The zero-order valence-corrected chi connectivity index (χ0v) is 23.0. The van der Waals surface area contributed by atoms with Gasteiger partial charge in [0.05, 0.1) is 22.8 Å². The molecular weight excluding hydrogens is 631 g/mol. The lowest BCUT2D eigenvalue weighted by molar-refractivity contribution is -0.207. The standard InChI is InChI=1S/C25H19Cl2F6N7O3/c26-14-6-4-13(5-7-14)20-37-39(22(43)38(20)10-17(41)24(28,29)30)11-18-34-12-40(36-18)19-15(2-1-3-16(19)27)21(42)35-23(8-9-23)25(31,32)33/h1-7,12,17,41H,8-11H2,(H,35,42)/t17-/m1/s1. The van der Waals surface area contributed by atoms with Crippen molar-refractivity contribution in [2.75, 3.05) is 0 Å². The summed E-state index contributed by atoms with van der Waals surface area (Å²) in [7, 11) is 0. The summed E-state index contributed by atoms with van der Waals surface area (Å²) < 4.78 is 82.1. The molecule has 0 saturated heterocycles. The molecule has 0 bridgehead atoms. The number of aliphatic hydroxyl groups is 1. The first-order valence-electron chi connectivity index (χ1n) is 12.4. The number of halogens is 8. The van der Waals surface area contributed by atoms with Crippen molar-refractivity contribution >= 4 is 29.1 Å². The molecule has 0 radical (unpaired) electrons. The van der Waals surface area contributed by atoms with Gasteiger partial charge in [0, 0.05) is 10.6 Å². The fourth-order valence-electron chi connectivity index (χ4n) is 4.23. The van der Waals surface area contributed by atoms with Gasteiger partial charge in [0.25, 0.3) is 5.91 Å². The highest BCUT2D eigenvalue weighted by atomic mass is 35.5. The summed E-state index contributed by atoms with van der Waals surface area (Å²) in [5, 5.41) is 20.2. The second-order valence-electron chi connectivity index (χ2n) is 9.71. The van der Waals surface area contributed by atoms with Crippen molar-refractivity contribution in [3.8, 4) is 17.1 Å². The Morgan fingerprint density at radius 2 is 1.72 bits per heavy atom. The molecule has 2 aromatic heterocycles. The van der Waals surface area contributed by atoms with Crippen LogP contribution in [0.5, 0.6) is 0 Å². The van der Waals surface area contributed by atoms with Crippen molar-refractivity contribution in [2.24, 2.45) is 0 Å². The quantitative estimate of drug-likeness (QED) is 0.273. The van der Waals surface area contributed by atoms with Gasteiger partial charge in [-0.3, -0.25) is 9.36 Å². The van der Waals surface area contributed by atoms with Crippen LogP contribution < -0.4 is 11.0 Å². The predicted octanol–water partition coefficient (Wildman–Crippen LogP) is 4.40. The van der Waals surface area contributed by atoms with Crippen molar-refractivity contribution in [1.29, 1.82) is 0 Å². The Kier molecular flexibility index (Phi) is 7.81. The van der Waals surface area contributed by atoms with Crippen LogP contribution in [0.15, 0.2) is 53.6 Å². The molecule has 10 nitrogen and oxygen atoms in total. The maximum absolute atomic E-state index is 13.4. The van der Waals surface area contributed by atoms with Gasteiger partial charge in [-0.2, -0.15) is 26.3 Å². The van der Waals surface area contributed by atoms with Crippen LogP contribution in [-0.4, -0.2) is 64.1 Å². The van der Waals surface area contributed by atoms with Crippen LogP contribution >= 0.6 is 23.2 Å². The summed E-state index contributed by atoms with van der Waals surface area (Å²) in [5.41, 5.74) is -3.45. The molecular formula is C25H19Cl2F6N7O3. The summed E-state index contributed by atoms with van der Waals surface area (Å²) in [6.07, 6.45) is -12.0. The molecule has 1 amide bonds. The molecule has 228 valence electrons. The second kappa shape index (κ2) is 11.0. The Morgan fingerprint density at radius 3 is 2.33 bits per heavy atom. The first-order chi connectivity index (χ1) is 20.1. The van der Waals surface area contributed by atoms with E-state index >= 15 is 0 Å². The molecule has 1 fully saturated rings. The molecule has 0 aliphatic heterocycles. The Labute approximate surface area is 247 Å². The molecule has 2 N–H and O–H groups in total. The van der Waals surface area contributed by atoms with Crippen LogP contribution in [0.25, 0.3) is 17.1 Å². The van der Waals surface area contributed by atoms with Crippen LogP contribution in [0.1, 0.15) is 29.0 Å². The van der Waals surface area contributed by atoms with Gasteiger partial charge in [0.15, 0.2) is 17.8 Å². The van der Waals surface area contributed by atoms with Gasteiger partial charge in [-0.05, 0) is 49.2 Å². The summed E-state index contributed by atoms with van der Waals surface area (Å²) >= 11 is 12.2. The number of hydrogen-bond acceptors (Lipinski definition) is 6. The van der Waals surface area contributed by atoms with Crippen molar-refractivity contribution in [3.63, 3.8) is 0 Å². The summed E-state index contributed by atoms with van der Waals surface area (Å²) in [6.45, 7) is -1.62. The summed E-state index contributed by atoms with van der Waals surface area (Å²) in [4.78, 5) is 30.1. The Morgan fingerprint density at radius 1 is 1.05 bits per heavy atom. The first-order valence-corrected chi connectivity index (χ1v) is 13.1. The molecule has 0 spiro atoms. The van der Waals surface area contributed by atoms with Gasteiger partial charge in [-0.15, -0.1) is 10.2 Å². The van der Waals surface area contributed by atoms with E-state index < -0.39 is 48.7 Å². The highest BCUT2D eigenvalue weighted by Gasteiger charge is 2.64. The van der Waals surface area contributed by atoms with Crippen molar-refractivity contribution in [2.45, 2.75) is 49.9 Å². The largest absolute Gasteiger partial charge is 0.416 e. The maximum atomic E-state index is 13.4. The van der Waals surface area contributed by atoms with E-state index in [2.05, 4.69) is 15.2 Å². The van der Waals surface area contributed by atoms with E-state index in [4.69, 9.17) is 23.2 Å². The van der Waals surface area contributed by atoms with Crippen molar-refractivity contribution < 1.29 is 36.2 Å². The summed E-state index contributed by atoms with van der Waals surface area (Å²) in [6, 6.07) is 9.71. The highest BCUT2D eigenvalue weighted by molar-refractivity contribution is 6.33. The van der Waals surface area contributed by atoms with E-state index in [9.17, 15) is 41.0 Å². The molecule has 2 heterocycles. The van der Waals surface area contributed by atoms with Crippen LogP contribution in [0.4, 0.5) is 26.3 Å². The first kappa shape index (κ1) is 30.6. The molecule has 1 aliphatic rings. The van der Waals surface area contributed by atoms with E-state index in [-0.39, 0.29) is 46.3 Å². The number of aliphatic hydroxyl groups excluding tert-OH is 1. The van der Waals surface area contributed by atoms with E-state index in [1.54, 1.807) is 0 Å². The second-order valence-corrected chi connectivity index (χ2v) is 10.6. The minimum Gasteiger partial charge on any atom is -0.382 e. The lowest BCUT2D eigenvalue weighted by Crippen LogP contribution is -2.48. The number of aromatic nitrogens is 6. The Bertz CT molecular complexity index is 1730. The van der Waals surface area contributed by atoms with Gasteiger partial charge in [-0.25, -0.2) is 19.1 Å². The number of benzene rings is 2. The molecule has 1 saturated carbocycles. The van der Waals surface area contributed by atoms with Gasteiger partial charge in [0.1, 0.15) is 18.4 Å². The van der Waals surface area contributed by atoms with E-state index in [0.29, 0.717) is 9.59 Å². The number of nitrogens with zero attached hydrogens (tertiary/aromatic N) is 6. The number of para-hydroxylation sites is 1. The molecule has 1 atom stereocenters. The Hall–Kier alpha value is -3.89. The monoisotopic (exact) mass is 649 g/mol. The molecule has 5 rings (SSSR count). The predicted molar refractivity (Wildman–Crippen MR) is 140 cm³/mol. The molecule has 43 heavy (non-hydrogen) atoms. The van der Waals surface area contributed by atoms with Crippen LogP contribution in [0.2, 0.25) is 10.0 Å². The highest BCUT2D eigenvalue weighted by Crippen LogP contribution is 2.49. The van der Waals surface area contributed by atoms with E-state index in [1.807, 2.05) is 5.32 Å². The van der Waals surface area contributed by atoms with Gasteiger partial charge >= 0.3 is 18.0 Å². The number of amides is 1. The van der Waals surface area contributed by atoms with Gasteiger partial charge in [-0.1, -0.05) is 29.3 Å². The van der Waals surface area contributed by atoms with Gasteiger partial charge in [0.2, 0.25) is 0 Å². The maximum Gasteiger partial charge on any atom is 0.416 e. The number of alkyl halides is 6. The molecule has 4 aromatic rings. The zero-order valence-electron chi connectivity index (χ0n) is 21.5. The summed E-state index contributed by atoms with van der Waals surface area (Å²) in [5.74, 6) is -1.35. The fourth-order valence-corrected chi connectivity index (χ4v) is 4.62. The van der Waals surface area contributed by atoms with Crippen molar-refractivity contribution in [1.82, 2.24) is 34.4 Å². The molecule has 2 aromatic carbocycles. The topological polar surface area (TPSA) is 120 Å². The third-order valence-corrected chi connectivity index (χ3v) is 7.25. The van der Waals surface area contributed by atoms with Crippen LogP contribution in [0, 0.1) is 0 Å². The normalized spacial score (nSPS) is 15.4. The minimum absolute atomic E-state index is 0.0476. The Balaban J connectivity index is 1.47. The van der Waals surface area contributed by atoms with E-state index in [1.165, 1.54) is 42.5 Å². The number of carbonyl (C=O) groups excluding carboxylic acids is 1. The zero-order chi connectivity index (χ0) is 31.3.